The van der Waals surface area contributed by atoms with Gasteiger partial charge in [-0.1, -0.05) is 13.5 Å². The molecule has 92 valence electrons. The summed E-state index contributed by atoms with van der Waals surface area (Å²) >= 11 is 0. The summed E-state index contributed by atoms with van der Waals surface area (Å²) in [6.45, 7) is 12.3. The van der Waals surface area contributed by atoms with Gasteiger partial charge < -0.3 is 5.32 Å². The molecule has 0 aliphatic carbocycles. The molecule has 0 radical (unpaired) electrons. The summed E-state index contributed by atoms with van der Waals surface area (Å²) in [7, 11) is 0. The van der Waals surface area contributed by atoms with Gasteiger partial charge in [0.05, 0.1) is 0 Å². The van der Waals surface area contributed by atoms with Gasteiger partial charge in [0.2, 0.25) is 5.91 Å². The summed E-state index contributed by atoms with van der Waals surface area (Å²) in [5, 5.41) is 3.00. The Morgan fingerprint density at radius 1 is 1.62 bits per heavy atom. The quantitative estimate of drug-likeness (QED) is 0.740. The van der Waals surface area contributed by atoms with Crippen molar-refractivity contribution in [3.8, 4) is 0 Å². The van der Waals surface area contributed by atoms with E-state index in [0.717, 1.165) is 32.4 Å². The maximum Gasteiger partial charge on any atom is 0.243 e. The lowest BCUT2D eigenvalue weighted by atomic mass is 9.94. The molecule has 1 fully saturated rings. The maximum atomic E-state index is 11.3. The van der Waals surface area contributed by atoms with Crippen LogP contribution >= 0.6 is 0 Å². The second-order valence-electron chi connectivity index (χ2n) is 5.16. The summed E-state index contributed by atoms with van der Waals surface area (Å²) < 4.78 is 0. The largest absolute Gasteiger partial charge is 0.349 e. The van der Waals surface area contributed by atoms with E-state index in [2.05, 4.69) is 37.6 Å². The summed E-state index contributed by atoms with van der Waals surface area (Å²) in [5.74, 6) is -0.0545. The molecule has 0 aromatic heterocycles. The van der Waals surface area contributed by atoms with Crippen LogP contribution in [-0.2, 0) is 4.79 Å². The minimum absolute atomic E-state index is 0.0545. The molecule has 1 rings (SSSR count). The fourth-order valence-corrected chi connectivity index (χ4v) is 2.13. The van der Waals surface area contributed by atoms with E-state index in [1.165, 1.54) is 6.08 Å². The van der Waals surface area contributed by atoms with Gasteiger partial charge in [0.1, 0.15) is 0 Å². The van der Waals surface area contributed by atoms with Crippen LogP contribution in [0.2, 0.25) is 0 Å². The van der Waals surface area contributed by atoms with E-state index in [-0.39, 0.29) is 17.5 Å². The molecule has 0 aromatic carbocycles. The van der Waals surface area contributed by atoms with Crippen molar-refractivity contribution < 1.29 is 4.79 Å². The molecule has 0 saturated carbocycles. The first kappa shape index (κ1) is 13.2. The second kappa shape index (κ2) is 5.48. The van der Waals surface area contributed by atoms with Crippen LogP contribution in [0.25, 0.3) is 0 Å². The van der Waals surface area contributed by atoms with E-state index in [1.807, 2.05) is 0 Å². The zero-order chi connectivity index (χ0) is 12.2. The lowest BCUT2D eigenvalue weighted by Gasteiger charge is -2.43. The molecule has 3 heteroatoms. The maximum absolute atomic E-state index is 11.3. The molecule has 0 unspecified atom stereocenters. The Bertz CT molecular complexity index is 261. The van der Waals surface area contributed by atoms with Crippen LogP contribution in [0.15, 0.2) is 12.7 Å². The molecular weight excluding hydrogens is 200 g/mol. The van der Waals surface area contributed by atoms with Gasteiger partial charge >= 0.3 is 0 Å². The highest BCUT2D eigenvalue weighted by Gasteiger charge is 2.30. The first-order valence-corrected chi connectivity index (χ1v) is 6.17. The number of likely N-dealkylation sites (tertiary alicyclic amines) is 1. The molecule has 1 heterocycles. The first-order chi connectivity index (χ1) is 7.49. The van der Waals surface area contributed by atoms with Gasteiger partial charge in [-0.25, -0.2) is 0 Å². The van der Waals surface area contributed by atoms with Gasteiger partial charge in [-0.05, 0) is 45.7 Å². The van der Waals surface area contributed by atoms with E-state index in [4.69, 9.17) is 0 Å². The van der Waals surface area contributed by atoms with Gasteiger partial charge in [-0.2, -0.15) is 0 Å². The third kappa shape index (κ3) is 3.34. The van der Waals surface area contributed by atoms with Crippen molar-refractivity contribution in [2.75, 3.05) is 13.1 Å². The number of nitrogens with zero attached hydrogens (tertiary/aromatic N) is 1. The Kier molecular flexibility index (Phi) is 4.54. The summed E-state index contributed by atoms with van der Waals surface area (Å²) in [6.07, 6.45) is 4.72. The monoisotopic (exact) mass is 224 g/mol. The van der Waals surface area contributed by atoms with E-state index < -0.39 is 0 Å². The van der Waals surface area contributed by atoms with E-state index in [1.54, 1.807) is 0 Å². The lowest BCUT2D eigenvalue weighted by Crippen LogP contribution is -2.54. The number of carbonyl (C=O) groups excluding carboxylic acids is 1. The minimum Gasteiger partial charge on any atom is -0.349 e. The fraction of sp³-hybridized carbons (Fsp3) is 0.769. The van der Waals surface area contributed by atoms with Crippen LogP contribution < -0.4 is 5.32 Å². The fourth-order valence-electron chi connectivity index (χ4n) is 2.13. The molecule has 0 aromatic rings. The highest BCUT2D eigenvalue weighted by atomic mass is 16.1. The van der Waals surface area contributed by atoms with E-state index in [0.29, 0.717) is 0 Å². The zero-order valence-corrected chi connectivity index (χ0v) is 10.8. The minimum atomic E-state index is -0.0545. The third-order valence-electron chi connectivity index (χ3n) is 3.67. The predicted molar refractivity (Wildman–Crippen MR) is 67.3 cm³/mol. The van der Waals surface area contributed by atoms with Crippen LogP contribution in [0, 0.1) is 0 Å². The summed E-state index contributed by atoms with van der Waals surface area (Å²) in [5.41, 5.74) is 0.234. The highest BCUT2D eigenvalue weighted by Crippen LogP contribution is 2.23. The number of carbonyl (C=O) groups is 1. The lowest BCUT2D eigenvalue weighted by molar-refractivity contribution is -0.117. The average molecular weight is 224 g/mol. The summed E-state index contributed by atoms with van der Waals surface area (Å²) in [6, 6.07) is 0.282. The van der Waals surface area contributed by atoms with Gasteiger partial charge in [0.15, 0.2) is 0 Å². The molecule has 1 aliphatic rings. The molecule has 1 saturated heterocycles. The second-order valence-corrected chi connectivity index (χ2v) is 5.16. The SMILES string of the molecule is C=CC(=O)N[C@H]1CCCN(C(C)(C)CC)C1. The van der Waals surface area contributed by atoms with Crippen LogP contribution in [0.1, 0.15) is 40.0 Å². The predicted octanol–water partition coefficient (Wildman–Crippen LogP) is 1.94. The molecule has 1 aliphatic heterocycles. The van der Waals surface area contributed by atoms with Gasteiger partial charge in [0.25, 0.3) is 0 Å². The van der Waals surface area contributed by atoms with Crippen molar-refractivity contribution in [2.45, 2.75) is 51.6 Å². The van der Waals surface area contributed by atoms with Crippen molar-refractivity contribution in [1.29, 1.82) is 0 Å². The number of nitrogens with one attached hydrogen (secondary N) is 1. The van der Waals surface area contributed by atoms with Crippen LogP contribution in [0.4, 0.5) is 0 Å². The number of piperidine rings is 1. The Balaban J connectivity index is 2.53. The van der Waals surface area contributed by atoms with Crippen molar-refractivity contribution in [1.82, 2.24) is 10.2 Å². The molecular formula is C13H24N2O. The Labute approximate surface area is 98.9 Å². The number of hydrogen-bond acceptors (Lipinski definition) is 2. The molecule has 0 bridgehead atoms. The number of hydrogen-bond donors (Lipinski definition) is 1. The van der Waals surface area contributed by atoms with Crippen LogP contribution in [0.5, 0.6) is 0 Å². The summed E-state index contributed by atoms with van der Waals surface area (Å²) in [4.78, 5) is 13.7. The van der Waals surface area contributed by atoms with Crippen molar-refractivity contribution in [3.63, 3.8) is 0 Å². The zero-order valence-electron chi connectivity index (χ0n) is 10.8. The van der Waals surface area contributed by atoms with E-state index in [9.17, 15) is 4.79 Å². The average Bonchev–Trinajstić information content (AvgIpc) is 2.29. The number of amides is 1. The highest BCUT2D eigenvalue weighted by molar-refractivity contribution is 5.87. The Hall–Kier alpha value is -0.830. The van der Waals surface area contributed by atoms with Crippen molar-refractivity contribution in [2.24, 2.45) is 0 Å². The smallest absolute Gasteiger partial charge is 0.243 e. The number of rotatable bonds is 4. The van der Waals surface area contributed by atoms with E-state index >= 15 is 0 Å². The van der Waals surface area contributed by atoms with Gasteiger partial charge in [0, 0.05) is 18.1 Å². The third-order valence-corrected chi connectivity index (χ3v) is 3.67. The van der Waals surface area contributed by atoms with Crippen molar-refractivity contribution in [3.05, 3.63) is 12.7 Å². The van der Waals surface area contributed by atoms with Gasteiger partial charge in [-0.3, -0.25) is 9.69 Å². The molecule has 1 atom stereocenters. The molecule has 3 nitrogen and oxygen atoms in total. The van der Waals surface area contributed by atoms with Crippen LogP contribution in [-0.4, -0.2) is 35.5 Å². The first-order valence-electron chi connectivity index (χ1n) is 6.17. The molecule has 1 amide bonds. The van der Waals surface area contributed by atoms with Crippen LogP contribution in [0.3, 0.4) is 0 Å². The molecule has 0 spiro atoms. The Morgan fingerprint density at radius 2 is 2.31 bits per heavy atom. The molecule has 1 N–H and O–H groups in total. The van der Waals surface area contributed by atoms with Crippen molar-refractivity contribution >= 4 is 5.91 Å². The normalized spacial score (nSPS) is 22.8. The molecule has 16 heavy (non-hydrogen) atoms. The van der Waals surface area contributed by atoms with Gasteiger partial charge in [-0.15, -0.1) is 0 Å². The topological polar surface area (TPSA) is 32.3 Å². The Morgan fingerprint density at radius 3 is 2.88 bits per heavy atom. The standard InChI is InChI=1S/C13H24N2O/c1-5-12(16)14-11-8-7-9-15(10-11)13(3,4)6-2/h5,11H,1,6-10H2,2-4H3,(H,14,16)/t11-/m0/s1.